The molecule has 2 aromatic rings. The van der Waals surface area contributed by atoms with Crippen molar-refractivity contribution in [2.75, 3.05) is 0 Å². The summed E-state index contributed by atoms with van der Waals surface area (Å²) >= 11 is 3.17. The Balaban J connectivity index is 2.43. The maximum Gasteiger partial charge on any atom is 0.312 e. The van der Waals surface area contributed by atoms with Crippen LogP contribution in [0.4, 0.5) is 5.69 Å². The van der Waals surface area contributed by atoms with Crippen LogP contribution in [-0.2, 0) is 0 Å². The molecule has 1 atom stereocenters. The monoisotopic (exact) mass is 338 g/mol. The zero-order valence-electron chi connectivity index (χ0n) is 10.5. The molecule has 0 aliphatic carbocycles. The molecule has 1 N–H and O–H groups in total. The fourth-order valence-corrected chi connectivity index (χ4v) is 1.98. The number of halogens is 1. The number of rotatable bonds is 4. The third-order valence-corrected chi connectivity index (χ3v) is 3.07. The first-order valence-corrected chi connectivity index (χ1v) is 6.53. The predicted molar refractivity (Wildman–Crippen MR) is 75.7 cm³/mol. The number of hydrogen-bond acceptors (Lipinski definition) is 5. The second-order valence-corrected chi connectivity index (χ2v) is 4.96. The van der Waals surface area contributed by atoms with Crippen LogP contribution in [0.5, 0.6) is 11.6 Å². The zero-order chi connectivity index (χ0) is 14.7. The first kappa shape index (κ1) is 14.4. The van der Waals surface area contributed by atoms with E-state index in [9.17, 15) is 15.2 Å². The van der Waals surface area contributed by atoms with Crippen molar-refractivity contribution in [1.29, 1.82) is 0 Å². The van der Waals surface area contributed by atoms with E-state index < -0.39 is 11.0 Å². The normalized spacial score (nSPS) is 11.9. The molecule has 2 rings (SSSR count). The highest BCUT2D eigenvalue weighted by Crippen LogP contribution is 2.35. The Hall–Kier alpha value is -1.99. The molecule has 0 aliphatic rings. The van der Waals surface area contributed by atoms with Crippen molar-refractivity contribution in [3.63, 3.8) is 0 Å². The largest absolute Gasteiger partial charge is 0.431 e. The molecule has 0 amide bonds. The maximum absolute atomic E-state index is 11.0. The van der Waals surface area contributed by atoms with E-state index in [0.29, 0.717) is 10.0 Å². The molecule has 6 nitrogen and oxygen atoms in total. The van der Waals surface area contributed by atoms with Crippen LogP contribution in [0.1, 0.15) is 18.6 Å². The van der Waals surface area contributed by atoms with Crippen molar-refractivity contribution < 1.29 is 14.8 Å². The molecular weight excluding hydrogens is 328 g/mol. The van der Waals surface area contributed by atoms with E-state index in [4.69, 9.17) is 4.74 Å². The van der Waals surface area contributed by atoms with Gasteiger partial charge in [-0.15, -0.1) is 0 Å². The number of aliphatic hydroxyl groups is 1. The van der Waals surface area contributed by atoms with Gasteiger partial charge in [-0.1, -0.05) is 15.9 Å². The molecule has 0 fully saturated rings. The minimum absolute atomic E-state index is 0.0683. The molecule has 0 bridgehead atoms. The van der Waals surface area contributed by atoms with Crippen molar-refractivity contribution in [1.82, 2.24) is 4.98 Å². The Labute approximate surface area is 123 Å². The van der Waals surface area contributed by atoms with Gasteiger partial charge in [-0.05, 0) is 31.2 Å². The molecule has 0 saturated heterocycles. The van der Waals surface area contributed by atoms with Gasteiger partial charge in [-0.3, -0.25) is 10.1 Å². The predicted octanol–water partition coefficient (Wildman–Crippen LogP) is 3.60. The average Bonchev–Trinajstić information content (AvgIpc) is 2.41. The van der Waals surface area contributed by atoms with Gasteiger partial charge >= 0.3 is 5.69 Å². The highest BCUT2D eigenvalue weighted by atomic mass is 79.9. The molecule has 0 saturated carbocycles. The number of aliphatic hydroxyl groups excluding tert-OH is 1. The highest BCUT2D eigenvalue weighted by molar-refractivity contribution is 9.10. The van der Waals surface area contributed by atoms with Crippen LogP contribution in [0.15, 0.2) is 41.0 Å². The SMILES string of the molecule is CC(O)c1cccnc1Oc1ccc(Br)cc1[N+](=O)[O-]. The molecule has 1 heterocycles. The van der Waals surface area contributed by atoms with Crippen molar-refractivity contribution in [3.05, 3.63) is 56.7 Å². The lowest BCUT2D eigenvalue weighted by molar-refractivity contribution is -0.385. The van der Waals surface area contributed by atoms with Gasteiger partial charge in [0.25, 0.3) is 0 Å². The van der Waals surface area contributed by atoms with E-state index in [1.165, 1.54) is 18.3 Å². The van der Waals surface area contributed by atoms with E-state index in [1.54, 1.807) is 25.1 Å². The third kappa shape index (κ3) is 3.12. The molecule has 1 aromatic heterocycles. The number of nitro benzene ring substituents is 1. The minimum Gasteiger partial charge on any atom is -0.431 e. The fourth-order valence-electron chi connectivity index (χ4n) is 1.63. The molecule has 1 aromatic carbocycles. The Morgan fingerprint density at radius 1 is 1.45 bits per heavy atom. The summed E-state index contributed by atoms with van der Waals surface area (Å²) < 4.78 is 6.06. The first-order valence-electron chi connectivity index (χ1n) is 5.74. The number of ether oxygens (including phenoxy) is 1. The second-order valence-electron chi connectivity index (χ2n) is 4.04. The quantitative estimate of drug-likeness (QED) is 0.679. The van der Waals surface area contributed by atoms with E-state index >= 15 is 0 Å². The minimum atomic E-state index is -0.784. The van der Waals surface area contributed by atoms with Gasteiger partial charge in [-0.25, -0.2) is 4.98 Å². The zero-order valence-corrected chi connectivity index (χ0v) is 12.1. The number of nitro groups is 1. The number of benzene rings is 1. The maximum atomic E-state index is 11.0. The lowest BCUT2D eigenvalue weighted by atomic mass is 10.2. The summed E-state index contributed by atoms with van der Waals surface area (Å²) in [5.41, 5.74) is 0.284. The molecule has 0 spiro atoms. The molecule has 1 unspecified atom stereocenters. The topological polar surface area (TPSA) is 85.5 Å². The first-order chi connectivity index (χ1) is 9.49. The lowest BCUT2D eigenvalue weighted by Gasteiger charge is -2.11. The van der Waals surface area contributed by atoms with Crippen LogP contribution >= 0.6 is 15.9 Å². The van der Waals surface area contributed by atoms with Crippen LogP contribution < -0.4 is 4.74 Å². The van der Waals surface area contributed by atoms with Gasteiger partial charge in [-0.2, -0.15) is 0 Å². The Kier molecular flexibility index (Phi) is 4.31. The molecule has 20 heavy (non-hydrogen) atoms. The average molecular weight is 339 g/mol. The highest BCUT2D eigenvalue weighted by Gasteiger charge is 2.19. The second kappa shape index (κ2) is 5.98. The summed E-state index contributed by atoms with van der Waals surface area (Å²) in [6, 6.07) is 7.76. The van der Waals surface area contributed by atoms with Gasteiger partial charge in [0.1, 0.15) is 0 Å². The Bertz CT molecular complexity index is 646. The van der Waals surface area contributed by atoms with Crippen LogP contribution in [0.25, 0.3) is 0 Å². The van der Waals surface area contributed by atoms with Crippen LogP contribution in [0.3, 0.4) is 0 Å². The third-order valence-electron chi connectivity index (χ3n) is 2.57. The van der Waals surface area contributed by atoms with E-state index in [-0.39, 0.29) is 17.3 Å². The number of aromatic nitrogens is 1. The fraction of sp³-hybridized carbons (Fsp3) is 0.154. The van der Waals surface area contributed by atoms with Crippen LogP contribution in [0.2, 0.25) is 0 Å². The number of nitrogens with zero attached hydrogens (tertiary/aromatic N) is 2. The Morgan fingerprint density at radius 3 is 2.85 bits per heavy atom. The molecule has 0 radical (unpaired) electrons. The lowest BCUT2D eigenvalue weighted by Crippen LogP contribution is -2.00. The summed E-state index contributed by atoms with van der Waals surface area (Å²) in [5, 5.41) is 20.7. The van der Waals surface area contributed by atoms with E-state index in [0.717, 1.165) is 0 Å². The van der Waals surface area contributed by atoms with Gasteiger partial charge in [0.2, 0.25) is 11.6 Å². The van der Waals surface area contributed by atoms with E-state index in [1.807, 2.05) is 0 Å². The van der Waals surface area contributed by atoms with Crippen LogP contribution in [0, 0.1) is 10.1 Å². The van der Waals surface area contributed by atoms with Gasteiger partial charge < -0.3 is 9.84 Å². The van der Waals surface area contributed by atoms with Gasteiger partial charge in [0.15, 0.2) is 0 Å². The molecule has 104 valence electrons. The molecular formula is C13H11BrN2O4. The number of hydrogen-bond donors (Lipinski definition) is 1. The van der Waals surface area contributed by atoms with Gasteiger partial charge in [0, 0.05) is 22.3 Å². The van der Waals surface area contributed by atoms with Crippen molar-refractivity contribution in [3.8, 4) is 11.6 Å². The standard InChI is InChI=1S/C13H11BrN2O4/c1-8(17)10-3-2-6-15-13(10)20-12-5-4-9(14)7-11(12)16(18)19/h2-8,17H,1H3. The summed E-state index contributed by atoms with van der Waals surface area (Å²) in [7, 11) is 0. The Morgan fingerprint density at radius 2 is 2.20 bits per heavy atom. The molecule has 7 heteroatoms. The van der Waals surface area contributed by atoms with E-state index in [2.05, 4.69) is 20.9 Å². The summed E-state index contributed by atoms with van der Waals surface area (Å²) in [6.45, 7) is 1.57. The van der Waals surface area contributed by atoms with Crippen LogP contribution in [-0.4, -0.2) is 15.0 Å². The van der Waals surface area contributed by atoms with Crippen molar-refractivity contribution in [2.45, 2.75) is 13.0 Å². The summed E-state index contributed by atoms with van der Waals surface area (Å²) in [5.74, 6) is 0.215. The smallest absolute Gasteiger partial charge is 0.312 e. The van der Waals surface area contributed by atoms with Crippen molar-refractivity contribution in [2.24, 2.45) is 0 Å². The van der Waals surface area contributed by atoms with Crippen molar-refractivity contribution >= 4 is 21.6 Å². The van der Waals surface area contributed by atoms with Gasteiger partial charge in [0.05, 0.1) is 11.0 Å². The summed E-state index contributed by atoms with van der Waals surface area (Å²) in [4.78, 5) is 14.5. The number of pyridine rings is 1. The molecule has 0 aliphatic heterocycles. The summed E-state index contributed by atoms with van der Waals surface area (Å²) in [6.07, 6.45) is 0.708.